The lowest BCUT2D eigenvalue weighted by molar-refractivity contribution is 0.0383. The van der Waals surface area contributed by atoms with Crippen LogP contribution in [0.5, 0.6) is 11.5 Å². The van der Waals surface area contributed by atoms with Crippen molar-refractivity contribution in [2.24, 2.45) is 5.92 Å². The van der Waals surface area contributed by atoms with Crippen LogP contribution in [0.3, 0.4) is 0 Å². The second kappa shape index (κ2) is 7.74. The zero-order valence-corrected chi connectivity index (χ0v) is 15.6. The van der Waals surface area contributed by atoms with Gasteiger partial charge in [-0.05, 0) is 30.5 Å². The number of pyridine rings is 1. The zero-order valence-electron chi connectivity index (χ0n) is 15.6. The first-order valence-corrected chi connectivity index (χ1v) is 9.49. The van der Waals surface area contributed by atoms with E-state index in [1.165, 1.54) is 0 Å². The molecule has 6 nitrogen and oxygen atoms in total. The lowest BCUT2D eigenvalue weighted by Crippen LogP contribution is -2.49. The van der Waals surface area contributed by atoms with Gasteiger partial charge in [0.1, 0.15) is 24.2 Å². The lowest BCUT2D eigenvalue weighted by Gasteiger charge is -2.43. The summed E-state index contributed by atoms with van der Waals surface area (Å²) in [6.07, 6.45) is 0.559. The molecule has 3 heterocycles. The third-order valence-corrected chi connectivity index (χ3v) is 5.51. The largest absolute Gasteiger partial charge is 0.497 e. The van der Waals surface area contributed by atoms with Crippen molar-refractivity contribution in [2.75, 3.05) is 33.4 Å². The van der Waals surface area contributed by atoms with Gasteiger partial charge in [0.05, 0.1) is 7.11 Å². The third kappa shape index (κ3) is 4.01. The normalized spacial score (nSPS) is 22.7. The highest BCUT2D eigenvalue weighted by Crippen LogP contribution is 2.34. The number of benzene rings is 1. The molecular weight excluding hydrogens is 344 g/mol. The number of nitrogens with zero attached hydrogens (tertiary/aromatic N) is 2. The van der Waals surface area contributed by atoms with Crippen molar-refractivity contribution in [3.63, 3.8) is 0 Å². The number of fused-ring (bicyclic) bond motifs is 4. The molecule has 0 unspecified atom stereocenters. The number of rotatable bonds is 6. The van der Waals surface area contributed by atoms with E-state index in [0.717, 1.165) is 37.5 Å². The van der Waals surface area contributed by atoms with Crippen LogP contribution in [0.25, 0.3) is 0 Å². The number of hydrogen-bond donors (Lipinski definition) is 1. The summed E-state index contributed by atoms with van der Waals surface area (Å²) in [5, 5.41) is 10.4. The molecule has 1 fully saturated rings. The van der Waals surface area contributed by atoms with Crippen molar-refractivity contribution in [1.82, 2.24) is 9.47 Å². The first kappa shape index (κ1) is 18.1. The maximum absolute atomic E-state index is 12.1. The fourth-order valence-corrected chi connectivity index (χ4v) is 4.38. The first-order valence-electron chi connectivity index (χ1n) is 9.49. The summed E-state index contributed by atoms with van der Waals surface area (Å²) in [6.45, 7) is 3.38. The summed E-state index contributed by atoms with van der Waals surface area (Å²) in [6, 6.07) is 13.0. The molecule has 0 aliphatic carbocycles. The van der Waals surface area contributed by atoms with E-state index in [1.807, 2.05) is 34.9 Å². The quantitative estimate of drug-likeness (QED) is 0.839. The predicted octanol–water partition coefficient (Wildman–Crippen LogP) is 1.72. The summed E-state index contributed by atoms with van der Waals surface area (Å²) >= 11 is 0. The van der Waals surface area contributed by atoms with Crippen molar-refractivity contribution in [3.05, 3.63) is 58.5 Å². The van der Waals surface area contributed by atoms with Gasteiger partial charge in [-0.1, -0.05) is 12.1 Å². The fourth-order valence-electron chi connectivity index (χ4n) is 4.38. The molecule has 2 aliphatic heterocycles. The van der Waals surface area contributed by atoms with Crippen LogP contribution in [0, 0.1) is 5.92 Å². The van der Waals surface area contributed by atoms with E-state index in [9.17, 15) is 9.90 Å². The second-order valence-corrected chi connectivity index (χ2v) is 7.56. The standard InChI is InChI=1S/C21H26N2O4/c1-26-18-4-2-5-19(9-18)27-14-17(24)13-22-10-15-8-16(12-22)20-6-3-7-21(25)23(20)11-15/h2-7,9,15-17,24H,8,10-14H2,1H3/t15-,16-,17-/m1/s1. The number of ether oxygens (including phenoxy) is 2. The molecule has 0 saturated carbocycles. The summed E-state index contributed by atoms with van der Waals surface area (Å²) in [5.41, 5.74) is 1.23. The minimum atomic E-state index is -0.562. The summed E-state index contributed by atoms with van der Waals surface area (Å²) < 4.78 is 12.8. The van der Waals surface area contributed by atoms with Crippen LogP contribution in [0.15, 0.2) is 47.3 Å². The molecule has 6 heteroatoms. The molecule has 27 heavy (non-hydrogen) atoms. The Morgan fingerprint density at radius 2 is 1.96 bits per heavy atom. The Hall–Kier alpha value is -2.31. The number of piperidine rings is 1. The van der Waals surface area contributed by atoms with Gasteiger partial charge >= 0.3 is 0 Å². The molecule has 1 saturated heterocycles. The predicted molar refractivity (Wildman–Crippen MR) is 102 cm³/mol. The summed E-state index contributed by atoms with van der Waals surface area (Å²) in [7, 11) is 1.62. The summed E-state index contributed by atoms with van der Waals surface area (Å²) in [4.78, 5) is 14.4. The van der Waals surface area contributed by atoms with Crippen LogP contribution < -0.4 is 15.0 Å². The molecule has 2 bridgehead atoms. The van der Waals surface area contributed by atoms with Crippen molar-refractivity contribution in [3.8, 4) is 11.5 Å². The smallest absolute Gasteiger partial charge is 0.250 e. The highest BCUT2D eigenvalue weighted by molar-refractivity contribution is 5.32. The van der Waals surface area contributed by atoms with E-state index in [-0.39, 0.29) is 12.2 Å². The Kier molecular flexibility index (Phi) is 5.18. The molecule has 0 amide bonds. The van der Waals surface area contributed by atoms with Gasteiger partial charge in [-0.15, -0.1) is 0 Å². The van der Waals surface area contributed by atoms with Crippen molar-refractivity contribution >= 4 is 0 Å². The summed E-state index contributed by atoms with van der Waals surface area (Å²) in [5.74, 6) is 2.25. The SMILES string of the molecule is COc1cccc(OC[C@H](O)CN2C[C@H]3C[C@H](C2)c2cccc(=O)n2C3)c1. The Morgan fingerprint density at radius 3 is 2.81 bits per heavy atom. The second-order valence-electron chi connectivity index (χ2n) is 7.56. The Balaban J connectivity index is 1.34. The molecule has 4 rings (SSSR count). The van der Waals surface area contributed by atoms with Gasteiger partial charge < -0.3 is 19.1 Å². The average molecular weight is 370 g/mol. The minimum absolute atomic E-state index is 0.0994. The van der Waals surface area contributed by atoms with E-state index in [2.05, 4.69) is 11.0 Å². The van der Waals surface area contributed by atoms with E-state index in [4.69, 9.17) is 9.47 Å². The molecule has 144 valence electrons. The van der Waals surface area contributed by atoms with Gasteiger partial charge in [0.25, 0.3) is 5.56 Å². The highest BCUT2D eigenvalue weighted by atomic mass is 16.5. The number of aliphatic hydroxyl groups is 1. The maximum Gasteiger partial charge on any atom is 0.250 e. The van der Waals surface area contributed by atoms with Crippen LogP contribution in [-0.2, 0) is 6.54 Å². The Bertz CT molecular complexity index is 850. The number of aliphatic hydroxyl groups excluding tert-OH is 1. The van der Waals surface area contributed by atoms with Crippen LogP contribution in [0.1, 0.15) is 18.0 Å². The molecule has 0 spiro atoms. The van der Waals surface area contributed by atoms with Gasteiger partial charge in [0.2, 0.25) is 0 Å². The zero-order chi connectivity index (χ0) is 18.8. The van der Waals surface area contributed by atoms with Crippen LogP contribution in [0.4, 0.5) is 0 Å². The molecule has 1 N–H and O–H groups in total. The minimum Gasteiger partial charge on any atom is -0.497 e. The molecule has 1 aromatic heterocycles. The number of methoxy groups -OCH3 is 1. The van der Waals surface area contributed by atoms with Gasteiger partial charge in [-0.25, -0.2) is 0 Å². The maximum atomic E-state index is 12.1. The van der Waals surface area contributed by atoms with Gasteiger partial charge in [0, 0.05) is 49.9 Å². The van der Waals surface area contributed by atoms with Crippen molar-refractivity contribution < 1.29 is 14.6 Å². The molecule has 2 aliphatic rings. The van der Waals surface area contributed by atoms with Crippen molar-refractivity contribution in [2.45, 2.75) is 25.0 Å². The van der Waals surface area contributed by atoms with E-state index < -0.39 is 6.10 Å². The van der Waals surface area contributed by atoms with Gasteiger partial charge in [-0.2, -0.15) is 0 Å². The molecule has 2 aromatic rings. The number of aromatic nitrogens is 1. The highest BCUT2D eigenvalue weighted by Gasteiger charge is 2.34. The Labute approximate surface area is 158 Å². The molecule has 0 radical (unpaired) electrons. The number of β-amino-alcohol motifs (C(OH)–C–C–N with tert-alkyl or cyclic N) is 1. The van der Waals surface area contributed by atoms with E-state index in [1.54, 1.807) is 13.2 Å². The molecule has 1 aromatic carbocycles. The van der Waals surface area contributed by atoms with Crippen LogP contribution >= 0.6 is 0 Å². The van der Waals surface area contributed by atoms with E-state index in [0.29, 0.717) is 24.1 Å². The Morgan fingerprint density at radius 1 is 1.15 bits per heavy atom. The van der Waals surface area contributed by atoms with Crippen molar-refractivity contribution in [1.29, 1.82) is 0 Å². The van der Waals surface area contributed by atoms with Crippen LogP contribution in [-0.4, -0.2) is 54.0 Å². The molecule has 3 atom stereocenters. The fraction of sp³-hybridized carbons (Fsp3) is 0.476. The van der Waals surface area contributed by atoms with Crippen LogP contribution in [0.2, 0.25) is 0 Å². The molecular formula is C21H26N2O4. The number of likely N-dealkylation sites (tertiary alicyclic amines) is 1. The van der Waals surface area contributed by atoms with Gasteiger partial charge in [-0.3, -0.25) is 9.69 Å². The monoisotopic (exact) mass is 370 g/mol. The topological polar surface area (TPSA) is 63.9 Å². The average Bonchev–Trinajstić information content (AvgIpc) is 2.67. The third-order valence-electron chi connectivity index (χ3n) is 5.51. The van der Waals surface area contributed by atoms with E-state index >= 15 is 0 Å². The first-order chi connectivity index (χ1) is 13.1. The lowest BCUT2D eigenvalue weighted by atomic mass is 9.83. The number of hydrogen-bond acceptors (Lipinski definition) is 5. The van der Waals surface area contributed by atoms with Gasteiger partial charge in [0.15, 0.2) is 0 Å².